The predicted octanol–water partition coefficient (Wildman–Crippen LogP) is 3.57. The number of allylic oxidation sites excluding steroid dienone is 1. The van der Waals surface area contributed by atoms with Gasteiger partial charge in [0, 0.05) is 14.2 Å². The molecule has 0 saturated carbocycles. The highest BCUT2D eigenvalue weighted by atomic mass is 31.2. The van der Waals surface area contributed by atoms with E-state index >= 15 is 0 Å². The Kier molecular flexibility index (Phi) is 8.83. The predicted molar refractivity (Wildman–Crippen MR) is 72.2 cm³/mol. The first-order valence-electron chi connectivity index (χ1n) is 5.78. The molecule has 0 unspecified atom stereocenters. The number of phosphoric ester groups is 1. The topological polar surface area (TPSA) is 80.3 Å². The van der Waals surface area contributed by atoms with Gasteiger partial charge in [0.05, 0.1) is 25.6 Å². The summed E-state index contributed by atoms with van der Waals surface area (Å²) in [5, 5.41) is 0. The van der Waals surface area contributed by atoms with Crippen LogP contribution in [0.25, 0.3) is 0 Å². The summed E-state index contributed by atoms with van der Waals surface area (Å²) in [7, 11) is -4.18. The zero-order chi connectivity index (χ0) is 14.9. The number of hydrogen-bond donors (Lipinski definition) is 0. The van der Waals surface area contributed by atoms with Crippen LogP contribution in [0, 0.1) is 0 Å². The monoisotopic (exact) mass is 316 g/mol. The van der Waals surface area contributed by atoms with E-state index in [-0.39, 0.29) is 19.4 Å². The largest absolute Gasteiger partial charge is 0.529 e. The summed E-state index contributed by atoms with van der Waals surface area (Å²) < 4.78 is 48.3. The Bertz CT molecular complexity index is 362. The van der Waals surface area contributed by atoms with E-state index in [1.807, 2.05) is 0 Å². The third kappa shape index (κ3) is 7.25. The second kappa shape index (κ2) is 8.90. The van der Waals surface area contributed by atoms with Gasteiger partial charge in [-0.25, -0.2) is 4.57 Å². The molecule has 0 aliphatic rings. The maximum absolute atomic E-state index is 12.0. The first kappa shape index (κ1) is 18.8. The second-order valence-corrected chi connectivity index (χ2v) is 7.38. The summed E-state index contributed by atoms with van der Waals surface area (Å²) in [6.07, 6.45) is 1.22. The van der Waals surface area contributed by atoms with Crippen molar-refractivity contribution < 1.29 is 31.7 Å². The molecule has 0 fully saturated rings. The average Bonchev–Trinajstić information content (AvgIpc) is 2.37. The van der Waals surface area contributed by atoms with Crippen molar-refractivity contribution in [3.63, 3.8) is 0 Å². The van der Waals surface area contributed by atoms with E-state index in [1.54, 1.807) is 20.8 Å². The van der Waals surface area contributed by atoms with Gasteiger partial charge in [0.15, 0.2) is 0 Å². The lowest BCUT2D eigenvalue weighted by Gasteiger charge is -2.16. The SMILES string of the molecule is CCOP(=O)(O/C=C(\C)CP(=O)(OC)OC)OCC. The first-order valence-corrected chi connectivity index (χ1v) is 8.97. The Balaban J connectivity index is 4.68. The van der Waals surface area contributed by atoms with Gasteiger partial charge in [0.1, 0.15) is 0 Å². The third-order valence-corrected chi connectivity index (χ3v) is 5.47. The van der Waals surface area contributed by atoms with Crippen LogP contribution in [0.15, 0.2) is 11.8 Å². The molecule has 9 heteroatoms. The molecule has 0 spiro atoms. The van der Waals surface area contributed by atoms with E-state index in [0.29, 0.717) is 5.57 Å². The molecule has 19 heavy (non-hydrogen) atoms. The zero-order valence-electron chi connectivity index (χ0n) is 12.0. The Morgan fingerprint density at radius 3 is 1.89 bits per heavy atom. The van der Waals surface area contributed by atoms with E-state index in [9.17, 15) is 9.13 Å². The summed E-state index contributed by atoms with van der Waals surface area (Å²) in [6.45, 7) is 5.38. The average molecular weight is 316 g/mol. The van der Waals surface area contributed by atoms with Crippen molar-refractivity contribution in [2.45, 2.75) is 20.8 Å². The van der Waals surface area contributed by atoms with Crippen molar-refractivity contribution in [1.29, 1.82) is 0 Å². The van der Waals surface area contributed by atoms with Crippen LogP contribution in [-0.4, -0.2) is 33.6 Å². The Morgan fingerprint density at radius 2 is 1.53 bits per heavy atom. The van der Waals surface area contributed by atoms with Crippen LogP contribution in [0.5, 0.6) is 0 Å². The standard InChI is InChI=1S/C10H22O7P2/c1-6-15-19(12,16-7-2)17-8-10(3)9-18(11,13-4)14-5/h8H,6-7,9H2,1-5H3/b10-8+. The molecule has 0 atom stereocenters. The molecule has 114 valence electrons. The summed E-state index contributed by atoms with van der Waals surface area (Å²) >= 11 is 0. The normalized spacial score (nSPS) is 13.6. The van der Waals surface area contributed by atoms with E-state index in [0.717, 1.165) is 0 Å². The Hall–Kier alpha value is -0.160. The van der Waals surface area contributed by atoms with Crippen molar-refractivity contribution in [2.24, 2.45) is 0 Å². The van der Waals surface area contributed by atoms with Gasteiger partial charge in [-0.1, -0.05) is 0 Å². The van der Waals surface area contributed by atoms with Crippen molar-refractivity contribution in [3.8, 4) is 0 Å². The van der Waals surface area contributed by atoms with Gasteiger partial charge in [-0.2, -0.15) is 0 Å². The molecule has 0 aliphatic carbocycles. The lowest BCUT2D eigenvalue weighted by molar-refractivity contribution is 0.153. The maximum Gasteiger partial charge on any atom is 0.529 e. The molecule has 0 rings (SSSR count). The molecule has 7 nitrogen and oxygen atoms in total. The van der Waals surface area contributed by atoms with E-state index in [2.05, 4.69) is 0 Å². The molecule has 0 amide bonds. The van der Waals surface area contributed by atoms with Crippen LogP contribution in [0.2, 0.25) is 0 Å². The minimum atomic E-state index is -3.60. The van der Waals surface area contributed by atoms with Crippen molar-refractivity contribution in [1.82, 2.24) is 0 Å². The molecule has 0 aliphatic heterocycles. The fraction of sp³-hybridized carbons (Fsp3) is 0.800. The van der Waals surface area contributed by atoms with Gasteiger partial charge >= 0.3 is 15.4 Å². The highest BCUT2D eigenvalue weighted by molar-refractivity contribution is 7.54. The number of rotatable bonds is 10. The molecule has 0 aromatic carbocycles. The van der Waals surface area contributed by atoms with Crippen LogP contribution in [-0.2, 0) is 31.7 Å². The molecule has 0 aromatic rings. The summed E-state index contributed by atoms with van der Waals surface area (Å²) in [5.41, 5.74) is 0.534. The second-order valence-electron chi connectivity index (χ2n) is 3.49. The number of hydrogen-bond acceptors (Lipinski definition) is 7. The summed E-state index contributed by atoms with van der Waals surface area (Å²) in [6, 6.07) is 0. The van der Waals surface area contributed by atoms with Crippen molar-refractivity contribution in [3.05, 3.63) is 11.8 Å². The lowest BCUT2D eigenvalue weighted by atomic mass is 10.4. The van der Waals surface area contributed by atoms with Crippen molar-refractivity contribution in [2.75, 3.05) is 33.6 Å². The molecular formula is C10H22O7P2. The molecular weight excluding hydrogens is 294 g/mol. The van der Waals surface area contributed by atoms with Gasteiger partial charge < -0.3 is 13.6 Å². The summed E-state index contributed by atoms with van der Waals surface area (Å²) in [4.78, 5) is 0. The van der Waals surface area contributed by atoms with Gasteiger partial charge in [-0.15, -0.1) is 0 Å². The molecule has 0 N–H and O–H groups in total. The van der Waals surface area contributed by atoms with Gasteiger partial charge in [-0.3, -0.25) is 13.6 Å². The van der Waals surface area contributed by atoms with Crippen LogP contribution in [0.4, 0.5) is 0 Å². The van der Waals surface area contributed by atoms with E-state index in [1.165, 1.54) is 20.5 Å². The molecule has 0 heterocycles. The lowest BCUT2D eigenvalue weighted by Crippen LogP contribution is -1.99. The van der Waals surface area contributed by atoms with Gasteiger partial charge in [0.2, 0.25) is 0 Å². The quantitative estimate of drug-likeness (QED) is 0.450. The highest BCUT2D eigenvalue weighted by Crippen LogP contribution is 2.51. The van der Waals surface area contributed by atoms with Crippen LogP contribution >= 0.6 is 15.4 Å². The van der Waals surface area contributed by atoms with Crippen molar-refractivity contribution >= 4 is 15.4 Å². The van der Waals surface area contributed by atoms with E-state index < -0.39 is 15.4 Å². The smallest absolute Gasteiger partial charge is 0.412 e. The third-order valence-electron chi connectivity index (χ3n) is 1.96. The minimum Gasteiger partial charge on any atom is -0.412 e. The van der Waals surface area contributed by atoms with Gasteiger partial charge in [0.25, 0.3) is 0 Å². The Morgan fingerprint density at radius 1 is 1.05 bits per heavy atom. The molecule has 0 bridgehead atoms. The van der Waals surface area contributed by atoms with Crippen LogP contribution in [0.3, 0.4) is 0 Å². The molecule has 0 aromatic heterocycles. The Labute approximate surface area is 114 Å². The fourth-order valence-electron chi connectivity index (χ4n) is 1.12. The van der Waals surface area contributed by atoms with E-state index in [4.69, 9.17) is 22.6 Å². The first-order chi connectivity index (χ1) is 8.84. The zero-order valence-corrected chi connectivity index (χ0v) is 13.7. The molecule has 0 saturated heterocycles. The maximum atomic E-state index is 12.0. The molecule has 0 radical (unpaired) electrons. The van der Waals surface area contributed by atoms with Crippen LogP contribution in [0.1, 0.15) is 20.8 Å². The summed E-state index contributed by atoms with van der Waals surface area (Å²) in [5.74, 6) is 0. The number of phosphoric acid groups is 1. The fourth-order valence-corrected chi connectivity index (χ4v) is 3.35. The highest BCUT2D eigenvalue weighted by Gasteiger charge is 2.26. The van der Waals surface area contributed by atoms with Gasteiger partial charge in [-0.05, 0) is 26.3 Å². The minimum absolute atomic E-state index is 0.0260. The van der Waals surface area contributed by atoms with Crippen LogP contribution < -0.4 is 0 Å².